The smallest absolute Gasteiger partial charge is 0.232 e. The summed E-state index contributed by atoms with van der Waals surface area (Å²) in [4.78, 5) is 10.5. The van der Waals surface area contributed by atoms with Gasteiger partial charge in [0.25, 0.3) is 0 Å². The van der Waals surface area contributed by atoms with Gasteiger partial charge < -0.3 is 14.7 Å². The molecule has 0 aliphatic carbocycles. The van der Waals surface area contributed by atoms with Crippen molar-refractivity contribution in [1.82, 2.24) is 14.9 Å². The van der Waals surface area contributed by atoms with Gasteiger partial charge in [-0.05, 0) is 26.4 Å². The molecule has 1 aromatic heterocycles. The van der Waals surface area contributed by atoms with Crippen LogP contribution in [-0.4, -0.2) is 46.2 Å². The molecule has 1 unspecified atom stereocenters. The van der Waals surface area contributed by atoms with E-state index in [1.165, 1.54) is 19.3 Å². The minimum atomic E-state index is -0.0847. The van der Waals surface area contributed by atoms with Gasteiger partial charge in [-0.15, -0.1) is 0 Å². The maximum atomic E-state index is 8.85. The molecule has 1 fully saturated rings. The number of ether oxygens (including phenoxy) is 1. The fourth-order valence-corrected chi connectivity index (χ4v) is 2.04. The molecule has 17 heavy (non-hydrogen) atoms. The Bertz CT molecular complexity index is 342. The van der Waals surface area contributed by atoms with Crippen LogP contribution in [-0.2, 0) is 6.61 Å². The van der Waals surface area contributed by atoms with E-state index >= 15 is 0 Å². The predicted molar refractivity (Wildman–Crippen MR) is 63.7 cm³/mol. The van der Waals surface area contributed by atoms with Gasteiger partial charge in [-0.1, -0.05) is 6.42 Å². The highest BCUT2D eigenvalue weighted by molar-refractivity contribution is 5.06. The second kappa shape index (κ2) is 5.93. The van der Waals surface area contributed by atoms with Gasteiger partial charge >= 0.3 is 0 Å². The van der Waals surface area contributed by atoms with Gasteiger partial charge in [0.05, 0.1) is 24.7 Å². The van der Waals surface area contributed by atoms with Crippen molar-refractivity contribution >= 4 is 0 Å². The quantitative estimate of drug-likeness (QED) is 0.840. The Hall–Kier alpha value is -1.20. The molecule has 1 atom stereocenters. The van der Waals surface area contributed by atoms with Gasteiger partial charge in [0.1, 0.15) is 6.61 Å². The Labute approximate surface area is 101 Å². The minimum absolute atomic E-state index is 0.0847. The first-order chi connectivity index (χ1) is 8.29. The van der Waals surface area contributed by atoms with Crippen LogP contribution in [0.1, 0.15) is 25.0 Å². The summed E-state index contributed by atoms with van der Waals surface area (Å²) in [6.45, 7) is 1.71. The maximum Gasteiger partial charge on any atom is 0.232 e. The lowest BCUT2D eigenvalue weighted by Crippen LogP contribution is -2.40. The lowest BCUT2D eigenvalue weighted by atomic mass is 10.0. The van der Waals surface area contributed by atoms with Crippen LogP contribution in [0.4, 0.5) is 0 Å². The Kier molecular flexibility index (Phi) is 4.28. The first-order valence-electron chi connectivity index (χ1n) is 6.04. The van der Waals surface area contributed by atoms with Gasteiger partial charge in [-0.25, -0.2) is 4.98 Å². The highest BCUT2D eigenvalue weighted by Gasteiger charge is 2.19. The van der Waals surface area contributed by atoms with E-state index in [1.807, 2.05) is 0 Å². The summed E-state index contributed by atoms with van der Waals surface area (Å²) in [5.41, 5.74) is 0.562. The summed E-state index contributed by atoms with van der Waals surface area (Å²) in [6, 6.07) is 0.475. The van der Waals surface area contributed by atoms with E-state index in [0.29, 0.717) is 24.2 Å². The molecule has 2 heterocycles. The van der Waals surface area contributed by atoms with Crippen molar-refractivity contribution in [2.75, 3.05) is 20.2 Å². The van der Waals surface area contributed by atoms with Crippen molar-refractivity contribution in [2.24, 2.45) is 0 Å². The van der Waals surface area contributed by atoms with E-state index in [2.05, 4.69) is 21.9 Å². The fourth-order valence-electron chi connectivity index (χ4n) is 2.04. The standard InChI is InChI=1S/C12H19N3O2/c1-15-5-3-2-4-11(15)9-17-12-7-13-10(8-16)6-14-12/h6-7,11,16H,2-5,8-9H2,1H3. The summed E-state index contributed by atoms with van der Waals surface area (Å²) in [5, 5.41) is 8.85. The number of likely N-dealkylation sites (tertiary alicyclic amines) is 1. The van der Waals surface area contributed by atoms with E-state index in [-0.39, 0.29) is 6.61 Å². The van der Waals surface area contributed by atoms with E-state index in [4.69, 9.17) is 9.84 Å². The molecule has 0 aromatic carbocycles. The van der Waals surface area contributed by atoms with Crippen LogP contribution in [0.15, 0.2) is 12.4 Å². The number of hydrogen-bond acceptors (Lipinski definition) is 5. The summed E-state index contributed by atoms with van der Waals surface area (Å²) in [7, 11) is 2.13. The second-order valence-corrected chi connectivity index (χ2v) is 4.45. The molecule has 2 rings (SSSR count). The molecule has 1 saturated heterocycles. The van der Waals surface area contributed by atoms with Crippen molar-refractivity contribution in [3.05, 3.63) is 18.1 Å². The molecule has 0 amide bonds. The van der Waals surface area contributed by atoms with Crippen LogP contribution in [0.3, 0.4) is 0 Å². The van der Waals surface area contributed by atoms with Crippen LogP contribution in [0.2, 0.25) is 0 Å². The second-order valence-electron chi connectivity index (χ2n) is 4.45. The number of aliphatic hydroxyl groups excluding tert-OH is 1. The zero-order chi connectivity index (χ0) is 12.1. The Morgan fingerprint density at radius 3 is 2.94 bits per heavy atom. The first-order valence-corrected chi connectivity index (χ1v) is 6.04. The third kappa shape index (κ3) is 3.38. The summed E-state index contributed by atoms with van der Waals surface area (Å²) in [6.07, 6.45) is 6.83. The van der Waals surface area contributed by atoms with Gasteiger partial charge in [-0.3, -0.25) is 4.98 Å². The van der Waals surface area contributed by atoms with Crippen LogP contribution in [0.25, 0.3) is 0 Å². The number of likely N-dealkylation sites (N-methyl/N-ethyl adjacent to an activating group) is 1. The summed E-state index contributed by atoms with van der Waals surface area (Å²) in [5.74, 6) is 0.529. The summed E-state index contributed by atoms with van der Waals surface area (Å²) < 4.78 is 5.62. The highest BCUT2D eigenvalue weighted by atomic mass is 16.5. The molecule has 0 spiro atoms. The number of aliphatic hydroxyl groups is 1. The molecular weight excluding hydrogens is 218 g/mol. The zero-order valence-electron chi connectivity index (χ0n) is 10.2. The molecule has 0 bridgehead atoms. The zero-order valence-corrected chi connectivity index (χ0v) is 10.2. The highest BCUT2D eigenvalue weighted by Crippen LogP contribution is 2.16. The fraction of sp³-hybridized carbons (Fsp3) is 0.667. The molecule has 94 valence electrons. The molecule has 1 aliphatic rings. The number of piperidine rings is 1. The Balaban J connectivity index is 1.84. The van der Waals surface area contributed by atoms with E-state index in [9.17, 15) is 0 Å². The Morgan fingerprint density at radius 1 is 1.41 bits per heavy atom. The van der Waals surface area contributed by atoms with Crippen LogP contribution in [0.5, 0.6) is 5.88 Å². The van der Waals surface area contributed by atoms with E-state index in [1.54, 1.807) is 12.4 Å². The monoisotopic (exact) mass is 237 g/mol. The van der Waals surface area contributed by atoms with Crippen molar-refractivity contribution < 1.29 is 9.84 Å². The van der Waals surface area contributed by atoms with Crippen molar-refractivity contribution in [3.8, 4) is 5.88 Å². The molecule has 1 aliphatic heterocycles. The molecule has 1 N–H and O–H groups in total. The average molecular weight is 237 g/mol. The lowest BCUT2D eigenvalue weighted by molar-refractivity contribution is 0.122. The molecule has 5 heteroatoms. The number of aromatic nitrogens is 2. The predicted octanol–water partition coefficient (Wildman–Crippen LogP) is 0.832. The van der Waals surface area contributed by atoms with E-state index < -0.39 is 0 Å². The van der Waals surface area contributed by atoms with Crippen LogP contribution in [0, 0.1) is 0 Å². The number of rotatable bonds is 4. The number of nitrogens with zero attached hydrogens (tertiary/aromatic N) is 3. The first kappa shape index (κ1) is 12.3. The van der Waals surface area contributed by atoms with Crippen LogP contribution >= 0.6 is 0 Å². The summed E-state index contributed by atoms with van der Waals surface area (Å²) >= 11 is 0. The van der Waals surface area contributed by atoms with Crippen molar-refractivity contribution in [2.45, 2.75) is 31.9 Å². The van der Waals surface area contributed by atoms with E-state index in [0.717, 1.165) is 6.54 Å². The molecule has 5 nitrogen and oxygen atoms in total. The molecule has 0 saturated carbocycles. The third-order valence-electron chi connectivity index (χ3n) is 3.19. The van der Waals surface area contributed by atoms with Gasteiger partial charge in [0.15, 0.2) is 0 Å². The van der Waals surface area contributed by atoms with Crippen molar-refractivity contribution in [3.63, 3.8) is 0 Å². The van der Waals surface area contributed by atoms with Crippen molar-refractivity contribution in [1.29, 1.82) is 0 Å². The van der Waals surface area contributed by atoms with Gasteiger partial charge in [0.2, 0.25) is 5.88 Å². The normalized spacial score (nSPS) is 21.4. The van der Waals surface area contributed by atoms with Gasteiger partial charge in [-0.2, -0.15) is 0 Å². The molecule has 1 aromatic rings. The van der Waals surface area contributed by atoms with Crippen LogP contribution < -0.4 is 4.74 Å². The molecular formula is C12H19N3O2. The largest absolute Gasteiger partial charge is 0.475 e. The number of hydrogen-bond donors (Lipinski definition) is 1. The Morgan fingerprint density at radius 2 is 2.29 bits per heavy atom. The average Bonchev–Trinajstić information content (AvgIpc) is 2.38. The SMILES string of the molecule is CN1CCCCC1COc1cnc(CO)cn1. The minimum Gasteiger partial charge on any atom is -0.475 e. The molecule has 0 radical (unpaired) electrons. The third-order valence-corrected chi connectivity index (χ3v) is 3.19. The lowest BCUT2D eigenvalue weighted by Gasteiger charge is -2.31. The topological polar surface area (TPSA) is 58.5 Å². The van der Waals surface area contributed by atoms with Gasteiger partial charge in [0, 0.05) is 6.04 Å². The maximum absolute atomic E-state index is 8.85.